The topological polar surface area (TPSA) is 298 Å². The Hall–Kier alpha value is -8.37. The van der Waals surface area contributed by atoms with Gasteiger partial charge in [-0.1, -0.05) is 144 Å². The van der Waals surface area contributed by atoms with Gasteiger partial charge in [-0.05, 0) is 73.1 Å². The molecule has 22 heteroatoms. The first kappa shape index (κ1) is 63.2. The summed E-state index contributed by atoms with van der Waals surface area (Å²) < 4.78 is 32.7. The van der Waals surface area contributed by atoms with Gasteiger partial charge in [0.15, 0.2) is 22.5 Å². The first-order chi connectivity index (χ1) is 40.2. The van der Waals surface area contributed by atoms with Gasteiger partial charge in [0.05, 0.1) is 30.7 Å². The summed E-state index contributed by atoms with van der Waals surface area (Å²) in [6, 6.07) is 29.5. The number of aromatic nitrogens is 2. The Balaban J connectivity index is 0.000000270. The summed E-state index contributed by atoms with van der Waals surface area (Å²) in [5.74, 6) is -2.53. The van der Waals surface area contributed by atoms with Gasteiger partial charge >= 0.3 is 17.9 Å². The molecule has 21 nitrogen and oxygen atoms in total. The minimum absolute atomic E-state index is 0.00462. The zero-order valence-corrected chi connectivity index (χ0v) is 49.1. The number of carbonyl (C=O) groups is 6. The predicted molar refractivity (Wildman–Crippen MR) is 314 cm³/mol. The van der Waals surface area contributed by atoms with E-state index in [1.54, 1.807) is 32.9 Å². The van der Waals surface area contributed by atoms with E-state index in [2.05, 4.69) is 109 Å². The lowest BCUT2D eigenvalue weighted by Crippen LogP contribution is -2.53. The number of esters is 2. The van der Waals surface area contributed by atoms with Crippen LogP contribution in [0.15, 0.2) is 147 Å². The number of carbonyl (C=O) groups excluding carboxylic acids is 5. The number of hydrogen-bond donors (Lipinski definition) is 5. The molecule has 4 bridgehead atoms. The number of rotatable bonds is 21. The molecule has 6 N–H and O–H groups in total. The van der Waals surface area contributed by atoms with Crippen molar-refractivity contribution in [2.24, 2.45) is 27.6 Å². The summed E-state index contributed by atoms with van der Waals surface area (Å²) in [7, 11) is 0. The number of unbranched alkanes of at least 4 members (excludes halogenated alkanes) is 1. The lowest BCUT2D eigenvalue weighted by molar-refractivity contribution is -0.154. The summed E-state index contributed by atoms with van der Waals surface area (Å²) in [4.78, 5) is 92.9. The maximum Gasteiger partial charge on any atom is 0.335 e. The van der Waals surface area contributed by atoms with Gasteiger partial charge in [-0.2, -0.15) is 0 Å². The number of carboxylic acids is 1. The zero-order valence-electron chi connectivity index (χ0n) is 48.3. The van der Waals surface area contributed by atoms with Crippen LogP contribution in [0.2, 0.25) is 0 Å². The number of benzene rings is 3. The Morgan fingerprint density at radius 1 is 0.845 bits per heavy atom. The van der Waals surface area contributed by atoms with E-state index in [-0.39, 0.29) is 86.2 Å². The summed E-state index contributed by atoms with van der Waals surface area (Å²) >= 11 is 1.81. The molecule has 5 aromatic rings. The molecule has 8 rings (SSSR count). The van der Waals surface area contributed by atoms with Gasteiger partial charge in [0.25, 0.3) is 5.91 Å². The van der Waals surface area contributed by atoms with E-state index < -0.39 is 69.8 Å². The number of thioether (sulfide) groups is 1. The average Bonchev–Trinajstić information content (AvgIpc) is 2.16. The quantitative estimate of drug-likeness (QED) is 0.0205. The van der Waals surface area contributed by atoms with Crippen LogP contribution >= 0.6 is 11.8 Å². The van der Waals surface area contributed by atoms with Crippen LogP contribution in [0.4, 0.5) is 0 Å². The lowest BCUT2D eigenvalue weighted by atomic mass is 9.84. The van der Waals surface area contributed by atoms with E-state index in [1.165, 1.54) is 19.5 Å². The van der Waals surface area contributed by atoms with Crippen molar-refractivity contribution in [3.8, 4) is 0 Å². The average molecular weight is 1170 g/mol. The third-order valence-electron chi connectivity index (χ3n) is 13.8. The van der Waals surface area contributed by atoms with Gasteiger partial charge < -0.3 is 54.6 Å². The Bertz CT molecular complexity index is 3080. The van der Waals surface area contributed by atoms with Crippen LogP contribution in [0, 0.1) is 11.8 Å². The fourth-order valence-corrected chi connectivity index (χ4v) is 10.3. The van der Waals surface area contributed by atoms with Crippen LogP contribution in [-0.2, 0) is 65.6 Å². The van der Waals surface area contributed by atoms with Crippen LogP contribution in [0.3, 0.4) is 0 Å². The number of nitrogens with two attached hydrogens (primary N) is 1. The first-order valence-corrected chi connectivity index (χ1v) is 28.9. The molecule has 2 aromatic heterocycles. The third kappa shape index (κ3) is 16.5. The van der Waals surface area contributed by atoms with E-state index in [0.717, 1.165) is 35.3 Å². The molecule has 0 radical (unpaired) electrons. The zero-order chi connectivity index (χ0) is 60.4. The summed E-state index contributed by atoms with van der Waals surface area (Å²) in [5, 5.41) is 17.6. The summed E-state index contributed by atoms with van der Waals surface area (Å²) in [5.41, 5.74) is 7.47. The highest BCUT2D eigenvalue weighted by Crippen LogP contribution is 2.48. The summed E-state index contributed by atoms with van der Waals surface area (Å²) in [6.45, 7) is 12.2. The summed E-state index contributed by atoms with van der Waals surface area (Å²) in [6.07, 6.45) is 10.4. The van der Waals surface area contributed by atoms with Crippen LogP contribution in [-0.4, -0.2) is 117 Å². The number of hydrogen-bond acceptors (Lipinski definition) is 18. The standard InChI is InChI=1S/C40H44N4O7S.C22H30N4O6/c1-27(2)35(41)37(46)51-31(23-33(45)42-24-34-43-32(25-49-34)36-44-39(3,26-50-36)38(47)48)21-13-14-22-52-40(28-15-7-4-8-16-28,29-17-9-5-10-18-29)30-19-11-6-12-20-30;1-5-6-7-8-14-9-16(27)23-10-17-24-15(11-30-17)19-26-22(4,12-31-19)21(29)25-18(13(2)3)20(28)32-14/h4-13,15-21,25,27,31,35H,14,22-24,26,41H2,1-3H3,(H,42,45)(H,47,48);7-8,11,13-14,18H,5-6,9-10,12H2,1-4H3,(H,23,27)(H,25,29)/b21-13+;8-7+/t31-,35+,39+;14-,18+,22+/m11/s1. The maximum atomic E-state index is 13.1. The molecular weight excluding hydrogens is 1100 g/mol. The molecule has 3 aliphatic rings. The van der Waals surface area contributed by atoms with Crippen LogP contribution in [0.5, 0.6) is 0 Å². The van der Waals surface area contributed by atoms with Gasteiger partial charge in [-0.25, -0.2) is 29.5 Å². The molecule has 5 heterocycles. The van der Waals surface area contributed by atoms with E-state index in [9.17, 15) is 33.9 Å². The van der Waals surface area contributed by atoms with Gasteiger partial charge in [0.1, 0.15) is 50.0 Å². The van der Waals surface area contributed by atoms with Gasteiger partial charge in [0.2, 0.25) is 35.4 Å². The fraction of sp³-hybridized carbons (Fsp3) is 0.419. The molecule has 6 atom stereocenters. The highest BCUT2D eigenvalue weighted by molar-refractivity contribution is 8.00. The Labute approximate surface area is 492 Å². The number of oxazole rings is 2. The molecule has 0 unspecified atom stereocenters. The van der Waals surface area contributed by atoms with E-state index >= 15 is 0 Å². The minimum atomic E-state index is -1.41. The van der Waals surface area contributed by atoms with Crippen molar-refractivity contribution >= 4 is 59.2 Å². The minimum Gasteiger partial charge on any atom is -0.479 e. The molecule has 0 aliphatic carbocycles. The molecule has 3 aromatic carbocycles. The molecule has 3 amide bonds. The molecular formula is C62H74N8O13S. The largest absolute Gasteiger partial charge is 0.479 e. The van der Waals surface area contributed by atoms with Crippen LogP contribution in [0.1, 0.15) is 120 Å². The van der Waals surface area contributed by atoms with Gasteiger partial charge in [-0.15, -0.1) is 11.8 Å². The molecule has 0 saturated heterocycles. The van der Waals surface area contributed by atoms with Crippen LogP contribution < -0.4 is 21.7 Å². The second kappa shape index (κ2) is 29.2. The second-order valence-electron chi connectivity index (χ2n) is 21.5. The SMILES string of the molecule is CC(C)[C@H](N)C(=O)O[C@H](/C=C/CCSC(c1ccccc1)(c1ccccc1)c1ccccc1)CC(=O)NCc1nc(C2=N[C@](C)(C(=O)O)CO2)co1.CCC/C=C/[C@@H]1CC(=O)NCc2nc(co2)C2=N[C@@](C)(CO2)C(=O)N[C@@H](C(C)C)C(=O)O1. The van der Waals surface area contributed by atoms with Crippen molar-refractivity contribution in [2.45, 2.75) is 134 Å². The highest BCUT2D eigenvalue weighted by Gasteiger charge is 2.44. The van der Waals surface area contributed by atoms with Crippen molar-refractivity contribution in [1.82, 2.24) is 25.9 Å². The smallest absolute Gasteiger partial charge is 0.335 e. The number of aliphatic imine (C=N–C) groups is 2. The van der Waals surface area contributed by atoms with Crippen molar-refractivity contribution in [3.05, 3.63) is 168 Å². The number of ether oxygens (including phenoxy) is 4. The fourth-order valence-electron chi connectivity index (χ4n) is 8.85. The Morgan fingerprint density at radius 3 is 2.05 bits per heavy atom. The van der Waals surface area contributed by atoms with E-state index in [0.29, 0.717) is 12.1 Å². The molecule has 0 saturated carbocycles. The number of amides is 3. The third-order valence-corrected chi connectivity index (χ3v) is 15.4. The van der Waals surface area contributed by atoms with Gasteiger partial charge in [0, 0.05) is 0 Å². The predicted octanol–water partition coefficient (Wildman–Crippen LogP) is 7.51. The van der Waals surface area contributed by atoms with Gasteiger partial charge in [-0.3, -0.25) is 19.2 Å². The maximum absolute atomic E-state index is 13.1. The van der Waals surface area contributed by atoms with Crippen molar-refractivity contribution < 1.29 is 61.7 Å². The molecule has 446 valence electrons. The normalized spacial score (nSPS) is 20.8. The molecule has 84 heavy (non-hydrogen) atoms. The number of carboxylic acid groups (broad SMARTS) is 1. The van der Waals surface area contributed by atoms with Crippen LogP contribution in [0.25, 0.3) is 0 Å². The number of aliphatic carboxylic acids is 1. The monoisotopic (exact) mass is 1170 g/mol. The second-order valence-corrected chi connectivity index (χ2v) is 22.8. The van der Waals surface area contributed by atoms with E-state index in [1.807, 2.05) is 62.9 Å². The lowest BCUT2D eigenvalue weighted by Gasteiger charge is -2.35. The molecule has 0 spiro atoms. The number of fused-ring (bicyclic) bond motifs is 4. The van der Waals surface area contributed by atoms with E-state index in [4.69, 9.17) is 33.5 Å². The number of nitrogens with one attached hydrogen (secondary N) is 3. The Kier molecular flexibility index (Phi) is 22.0. The van der Waals surface area contributed by atoms with Crippen molar-refractivity contribution in [1.29, 1.82) is 0 Å². The number of nitrogens with zero attached hydrogens (tertiary/aromatic N) is 4. The molecule has 0 fully saturated rings. The highest BCUT2D eigenvalue weighted by atomic mass is 32.2. The Morgan fingerprint density at radius 2 is 1.45 bits per heavy atom. The van der Waals surface area contributed by atoms with Crippen molar-refractivity contribution in [3.63, 3.8) is 0 Å². The number of cyclic esters (lactones) is 1. The number of allylic oxidation sites excluding steroid dienone is 2. The molecule has 3 aliphatic heterocycles. The first-order valence-electron chi connectivity index (χ1n) is 28.0. The van der Waals surface area contributed by atoms with Crippen molar-refractivity contribution in [2.75, 3.05) is 19.0 Å².